The van der Waals surface area contributed by atoms with Crippen molar-refractivity contribution in [3.8, 4) is 5.75 Å². The second-order valence-corrected chi connectivity index (χ2v) is 8.76. The lowest BCUT2D eigenvalue weighted by Crippen LogP contribution is -2.27. The van der Waals surface area contributed by atoms with Crippen LogP contribution in [0.5, 0.6) is 5.75 Å². The first kappa shape index (κ1) is 21.6. The smallest absolute Gasteiger partial charge is 0.262 e. The number of benzene rings is 3. The van der Waals surface area contributed by atoms with Crippen LogP contribution >= 0.6 is 35.0 Å². The van der Waals surface area contributed by atoms with Gasteiger partial charge in [0.1, 0.15) is 11.1 Å². The maximum atomic E-state index is 12.5. The topological polar surface area (TPSA) is 58.6 Å². The van der Waals surface area contributed by atoms with Gasteiger partial charge in [-0.25, -0.2) is 0 Å². The molecule has 1 aliphatic heterocycles. The number of halogens is 2. The van der Waals surface area contributed by atoms with E-state index in [1.807, 2.05) is 36.4 Å². The first-order valence-corrected chi connectivity index (χ1v) is 11.3. The maximum absolute atomic E-state index is 12.5. The average Bonchev–Trinajstić information content (AvgIpc) is 3.16. The Kier molecular flexibility index (Phi) is 6.70. The molecule has 31 heavy (non-hydrogen) atoms. The third kappa shape index (κ3) is 5.34. The van der Waals surface area contributed by atoms with Gasteiger partial charge in [0.2, 0.25) is 5.91 Å². The fraction of sp³-hybridized carbons (Fsp3) is 0.130. The monoisotopic (exact) mass is 472 g/mol. The summed E-state index contributed by atoms with van der Waals surface area (Å²) in [5, 5.41) is 3.89. The van der Waals surface area contributed by atoms with Crippen LogP contribution in [0, 0.1) is 0 Å². The number of amides is 2. The SMILES string of the molecule is O=C(COc1ccc(N2C(=O)CSC2c2ccc(Cl)cc2)cc1)Nc1ccc(Cl)cc1. The van der Waals surface area contributed by atoms with Gasteiger partial charge in [-0.1, -0.05) is 35.3 Å². The molecule has 1 aliphatic rings. The van der Waals surface area contributed by atoms with E-state index in [1.165, 1.54) is 0 Å². The summed E-state index contributed by atoms with van der Waals surface area (Å²) in [6.45, 7) is -0.131. The van der Waals surface area contributed by atoms with Gasteiger partial charge in [0.05, 0.1) is 5.75 Å². The van der Waals surface area contributed by atoms with Crippen molar-refractivity contribution in [2.24, 2.45) is 0 Å². The van der Waals surface area contributed by atoms with Crippen LogP contribution in [0.15, 0.2) is 72.8 Å². The van der Waals surface area contributed by atoms with E-state index in [0.717, 1.165) is 11.3 Å². The summed E-state index contributed by atoms with van der Waals surface area (Å²) in [7, 11) is 0. The molecule has 0 aliphatic carbocycles. The van der Waals surface area contributed by atoms with Crippen LogP contribution in [0.3, 0.4) is 0 Å². The fourth-order valence-electron chi connectivity index (χ4n) is 3.16. The molecule has 1 unspecified atom stereocenters. The summed E-state index contributed by atoms with van der Waals surface area (Å²) in [5.41, 5.74) is 2.43. The zero-order chi connectivity index (χ0) is 21.8. The molecule has 1 N–H and O–H groups in total. The molecule has 1 saturated heterocycles. The Balaban J connectivity index is 1.38. The number of carbonyl (C=O) groups is 2. The number of hydrogen-bond acceptors (Lipinski definition) is 4. The van der Waals surface area contributed by atoms with Gasteiger partial charge in [-0.3, -0.25) is 14.5 Å². The molecule has 0 radical (unpaired) electrons. The van der Waals surface area contributed by atoms with Crippen LogP contribution in [-0.2, 0) is 9.59 Å². The Morgan fingerprint density at radius 3 is 2.23 bits per heavy atom. The third-order valence-electron chi connectivity index (χ3n) is 4.64. The standard InChI is InChI=1S/C23H18Cl2N2O3S/c24-16-3-1-15(2-4-16)23-27(22(29)14-31-23)19-9-11-20(12-10-19)30-13-21(28)26-18-7-5-17(25)6-8-18/h1-12,23H,13-14H2,(H,26,28). The summed E-state index contributed by atoms with van der Waals surface area (Å²) in [5.74, 6) is 0.717. The Morgan fingerprint density at radius 2 is 1.58 bits per heavy atom. The van der Waals surface area contributed by atoms with Gasteiger partial charge in [0, 0.05) is 21.4 Å². The highest BCUT2D eigenvalue weighted by Crippen LogP contribution is 2.42. The van der Waals surface area contributed by atoms with E-state index < -0.39 is 0 Å². The van der Waals surface area contributed by atoms with Crippen molar-refractivity contribution < 1.29 is 14.3 Å². The first-order valence-electron chi connectivity index (χ1n) is 9.47. The van der Waals surface area contributed by atoms with E-state index in [0.29, 0.717) is 27.2 Å². The van der Waals surface area contributed by atoms with Gasteiger partial charge >= 0.3 is 0 Å². The Labute approximate surface area is 194 Å². The van der Waals surface area contributed by atoms with Gasteiger partial charge in [0.15, 0.2) is 6.61 Å². The minimum Gasteiger partial charge on any atom is -0.484 e. The third-order valence-corrected chi connectivity index (χ3v) is 6.35. The summed E-state index contributed by atoms with van der Waals surface area (Å²) in [6, 6.07) is 21.5. The number of thioether (sulfide) groups is 1. The van der Waals surface area contributed by atoms with E-state index in [4.69, 9.17) is 27.9 Å². The molecule has 1 fully saturated rings. The highest BCUT2D eigenvalue weighted by atomic mass is 35.5. The second kappa shape index (κ2) is 9.64. The highest BCUT2D eigenvalue weighted by Gasteiger charge is 2.33. The summed E-state index contributed by atoms with van der Waals surface area (Å²) < 4.78 is 5.57. The molecule has 8 heteroatoms. The maximum Gasteiger partial charge on any atom is 0.262 e. The summed E-state index contributed by atoms with van der Waals surface area (Å²) in [4.78, 5) is 26.4. The Bertz CT molecular complexity index is 1070. The lowest BCUT2D eigenvalue weighted by atomic mass is 10.2. The molecule has 5 nitrogen and oxygen atoms in total. The molecule has 4 rings (SSSR count). The van der Waals surface area contributed by atoms with E-state index in [9.17, 15) is 9.59 Å². The predicted molar refractivity (Wildman–Crippen MR) is 126 cm³/mol. The molecule has 0 saturated carbocycles. The van der Waals surface area contributed by atoms with Crippen LogP contribution in [0.25, 0.3) is 0 Å². The van der Waals surface area contributed by atoms with Crippen LogP contribution in [0.4, 0.5) is 11.4 Å². The number of nitrogens with zero attached hydrogens (tertiary/aromatic N) is 1. The lowest BCUT2D eigenvalue weighted by molar-refractivity contribution is -0.118. The van der Waals surface area contributed by atoms with Crippen LogP contribution < -0.4 is 15.0 Å². The minimum atomic E-state index is -0.277. The average molecular weight is 473 g/mol. The van der Waals surface area contributed by atoms with Crippen LogP contribution in [-0.4, -0.2) is 24.2 Å². The number of carbonyl (C=O) groups excluding carboxylic acids is 2. The Hall–Kier alpha value is -2.67. The van der Waals surface area contributed by atoms with Crippen LogP contribution in [0.1, 0.15) is 10.9 Å². The molecule has 3 aromatic carbocycles. The predicted octanol–water partition coefficient (Wildman–Crippen LogP) is 5.79. The van der Waals surface area contributed by atoms with Crippen molar-refractivity contribution in [1.82, 2.24) is 0 Å². The molecule has 2 amide bonds. The van der Waals surface area contributed by atoms with Gasteiger partial charge in [-0.2, -0.15) is 0 Å². The van der Waals surface area contributed by atoms with Crippen molar-refractivity contribution in [2.45, 2.75) is 5.37 Å². The minimum absolute atomic E-state index is 0.0426. The van der Waals surface area contributed by atoms with Gasteiger partial charge < -0.3 is 10.1 Å². The van der Waals surface area contributed by atoms with Crippen molar-refractivity contribution in [1.29, 1.82) is 0 Å². The number of ether oxygens (including phenoxy) is 1. The normalized spacial score (nSPS) is 15.7. The number of hydrogen-bond donors (Lipinski definition) is 1. The molecule has 158 valence electrons. The van der Waals surface area contributed by atoms with Crippen LogP contribution in [0.2, 0.25) is 10.0 Å². The molecule has 3 aromatic rings. The number of anilines is 2. The number of nitrogens with one attached hydrogen (secondary N) is 1. The van der Waals surface area contributed by atoms with Gasteiger partial charge in [0.25, 0.3) is 5.91 Å². The molecule has 1 atom stereocenters. The molecule has 1 heterocycles. The van der Waals surface area contributed by atoms with E-state index >= 15 is 0 Å². The Morgan fingerprint density at radius 1 is 0.968 bits per heavy atom. The second-order valence-electron chi connectivity index (χ2n) is 6.82. The molecule has 0 bridgehead atoms. The zero-order valence-corrected chi connectivity index (χ0v) is 18.6. The quantitative estimate of drug-likeness (QED) is 0.493. The van der Waals surface area contributed by atoms with E-state index in [2.05, 4.69) is 5.32 Å². The first-order chi connectivity index (χ1) is 15.0. The molecule has 0 spiro atoms. The van der Waals surface area contributed by atoms with Crippen molar-refractivity contribution in [2.75, 3.05) is 22.6 Å². The van der Waals surface area contributed by atoms with Crippen molar-refractivity contribution >= 4 is 58.2 Å². The zero-order valence-electron chi connectivity index (χ0n) is 16.3. The molecular weight excluding hydrogens is 455 g/mol. The van der Waals surface area contributed by atoms with E-state index in [-0.39, 0.29) is 23.8 Å². The molecule has 0 aromatic heterocycles. The summed E-state index contributed by atoms with van der Waals surface area (Å²) in [6.07, 6.45) is 0. The van der Waals surface area contributed by atoms with E-state index in [1.54, 1.807) is 53.1 Å². The van der Waals surface area contributed by atoms with Crippen molar-refractivity contribution in [3.05, 3.63) is 88.4 Å². The van der Waals surface area contributed by atoms with Gasteiger partial charge in [-0.15, -0.1) is 11.8 Å². The number of rotatable bonds is 6. The fourth-order valence-corrected chi connectivity index (χ4v) is 4.59. The van der Waals surface area contributed by atoms with Gasteiger partial charge in [-0.05, 0) is 66.2 Å². The summed E-state index contributed by atoms with van der Waals surface area (Å²) >= 11 is 13.4. The highest BCUT2D eigenvalue weighted by molar-refractivity contribution is 8.00. The lowest BCUT2D eigenvalue weighted by Gasteiger charge is -2.24. The molecular formula is C23H18Cl2N2O3S. The largest absolute Gasteiger partial charge is 0.484 e. The van der Waals surface area contributed by atoms with Crippen molar-refractivity contribution in [3.63, 3.8) is 0 Å².